The number of likely N-dealkylation sites (tertiary alicyclic amines) is 1. The van der Waals surface area contributed by atoms with Gasteiger partial charge in [0.2, 0.25) is 11.8 Å². The predicted octanol–water partition coefficient (Wildman–Crippen LogP) is 3.13. The van der Waals surface area contributed by atoms with E-state index in [0.29, 0.717) is 10.9 Å². The van der Waals surface area contributed by atoms with Crippen molar-refractivity contribution in [1.29, 1.82) is 0 Å². The van der Waals surface area contributed by atoms with Crippen LogP contribution in [0.2, 0.25) is 5.02 Å². The van der Waals surface area contributed by atoms with Gasteiger partial charge in [0.05, 0.1) is 18.5 Å². The van der Waals surface area contributed by atoms with Crippen LogP contribution in [-0.4, -0.2) is 23.4 Å². The Labute approximate surface area is 129 Å². The number of rotatable bonds is 3. The Bertz CT molecular complexity index is 575. The molecule has 5 heteroatoms. The lowest BCUT2D eigenvalue weighted by Gasteiger charge is -2.25. The number of hydrogen-bond acceptors (Lipinski definition) is 3. The van der Waals surface area contributed by atoms with E-state index in [1.165, 1.54) is 4.90 Å². The van der Waals surface area contributed by atoms with Crippen molar-refractivity contribution in [3.8, 4) is 0 Å². The van der Waals surface area contributed by atoms with E-state index in [4.69, 9.17) is 11.6 Å². The van der Waals surface area contributed by atoms with E-state index < -0.39 is 0 Å². The van der Waals surface area contributed by atoms with Crippen molar-refractivity contribution in [3.63, 3.8) is 0 Å². The number of carbonyl (C=O) groups excluding carboxylic acids is 2. The van der Waals surface area contributed by atoms with Crippen molar-refractivity contribution >= 4 is 29.1 Å². The van der Waals surface area contributed by atoms with Crippen molar-refractivity contribution < 1.29 is 9.59 Å². The van der Waals surface area contributed by atoms with Crippen molar-refractivity contribution in [2.75, 3.05) is 12.0 Å². The molecule has 112 valence electrons. The first-order valence-corrected chi connectivity index (χ1v) is 7.78. The quantitative estimate of drug-likeness (QED) is 0.873. The van der Waals surface area contributed by atoms with Gasteiger partial charge in [0.15, 0.2) is 0 Å². The fourth-order valence-electron chi connectivity index (χ4n) is 3.38. The SMILES string of the molecule is C[C@H]1CC[C@@H]2C(=O)N(CNc3cccc(Cl)c3)C(=O)[C@@H]2C1. The molecular weight excluding hydrogens is 288 g/mol. The minimum absolute atomic E-state index is 0.0218. The molecule has 4 nitrogen and oxygen atoms in total. The molecule has 1 N–H and O–H groups in total. The minimum atomic E-state index is -0.109. The summed E-state index contributed by atoms with van der Waals surface area (Å²) in [5.74, 6) is 0.276. The molecule has 1 aliphatic heterocycles. The highest BCUT2D eigenvalue weighted by atomic mass is 35.5. The Hall–Kier alpha value is -1.55. The molecule has 0 radical (unpaired) electrons. The third-order valence-corrected chi connectivity index (χ3v) is 4.78. The molecule has 3 rings (SSSR count). The maximum atomic E-state index is 12.4. The Morgan fingerprint density at radius 3 is 2.76 bits per heavy atom. The summed E-state index contributed by atoms with van der Waals surface area (Å²) in [6.07, 6.45) is 2.71. The minimum Gasteiger partial charge on any atom is -0.367 e. The number of carbonyl (C=O) groups is 2. The van der Waals surface area contributed by atoms with E-state index in [2.05, 4.69) is 12.2 Å². The highest BCUT2D eigenvalue weighted by Gasteiger charge is 2.49. The zero-order valence-electron chi connectivity index (χ0n) is 12.0. The van der Waals surface area contributed by atoms with Crippen LogP contribution in [0.4, 0.5) is 5.69 Å². The molecular formula is C16H19ClN2O2. The molecule has 1 saturated heterocycles. The van der Waals surface area contributed by atoms with Gasteiger partial charge in [0, 0.05) is 10.7 Å². The number of halogens is 1. The molecule has 3 atom stereocenters. The van der Waals surface area contributed by atoms with Gasteiger partial charge in [-0.2, -0.15) is 0 Å². The third kappa shape index (κ3) is 2.77. The lowest BCUT2D eigenvalue weighted by molar-refractivity contribution is -0.139. The van der Waals surface area contributed by atoms with Gasteiger partial charge >= 0.3 is 0 Å². The van der Waals surface area contributed by atoms with Crippen LogP contribution in [0, 0.1) is 17.8 Å². The van der Waals surface area contributed by atoms with Crippen LogP contribution in [0.25, 0.3) is 0 Å². The van der Waals surface area contributed by atoms with Crippen LogP contribution in [-0.2, 0) is 9.59 Å². The van der Waals surface area contributed by atoms with Crippen LogP contribution in [0.1, 0.15) is 26.2 Å². The molecule has 0 aromatic heterocycles. The summed E-state index contributed by atoms with van der Waals surface area (Å²) >= 11 is 5.93. The summed E-state index contributed by atoms with van der Waals surface area (Å²) in [5.41, 5.74) is 0.811. The average Bonchev–Trinajstić information content (AvgIpc) is 2.69. The summed E-state index contributed by atoms with van der Waals surface area (Å²) in [5, 5.41) is 3.74. The number of anilines is 1. The normalized spacial score (nSPS) is 28.7. The predicted molar refractivity (Wildman–Crippen MR) is 81.8 cm³/mol. The molecule has 1 heterocycles. The molecule has 2 aliphatic rings. The lowest BCUT2D eigenvalue weighted by atomic mass is 9.76. The largest absolute Gasteiger partial charge is 0.367 e. The monoisotopic (exact) mass is 306 g/mol. The van der Waals surface area contributed by atoms with Crippen LogP contribution in [0.3, 0.4) is 0 Å². The molecule has 2 amide bonds. The van der Waals surface area contributed by atoms with Gasteiger partial charge < -0.3 is 5.32 Å². The first-order chi connectivity index (χ1) is 10.1. The van der Waals surface area contributed by atoms with E-state index in [1.807, 2.05) is 12.1 Å². The van der Waals surface area contributed by atoms with Gasteiger partial charge in [-0.05, 0) is 43.4 Å². The summed E-state index contributed by atoms with van der Waals surface area (Å²) in [4.78, 5) is 26.2. The van der Waals surface area contributed by atoms with Gasteiger partial charge in [0.1, 0.15) is 0 Å². The number of nitrogens with zero attached hydrogens (tertiary/aromatic N) is 1. The maximum Gasteiger partial charge on any atom is 0.234 e. The first-order valence-electron chi connectivity index (χ1n) is 7.41. The molecule has 21 heavy (non-hydrogen) atoms. The summed E-state index contributed by atoms with van der Waals surface area (Å²) in [6.45, 7) is 2.38. The van der Waals surface area contributed by atoms with Crippen LogP contribution >= 0.6 is 11.6 Å². The van der Waals surface area contributed by atoms with E-state index in [9.17, 15) is 9.59 Å². The zero-order chi connectivity index (χ0) is 15.0. The highest BCUT2D eigenvalue weighted by Crippen LogP contribution is 2.40. The highest BCUT2D eigenvalue weighted by molar-refractivity contribution is 6.30. The second-order valence-corrected chi connectivity index (χ2v) is 6.52. The topological polar surface area (TPSA) is 49.4 Å². The third-order valence-electron chi connectivity index (χ3n) is 4.54. The smallest absolute Gasteiger partial charge is 0.234 e. The summed E-state index contributed by atoms with van der Waals surface area (Å²) in [7, 11) is 0. The molecule has 0 unspecified atom stereocenters. The van der Waals surface area contributed by atoms with Gasteiger partial charge in [-0.3, -0.25) is 14.5 Å². The second kappa shape index (κ2) is 5.68. The van der Waals surface area contributed by atoms with Crippen LogP contribution in [0.15, 0.2) is 24.3 Å². The van der Waals surface area contributed by atoms with Crippen molar-refractivity contribution in [1.82, 2.24) is 4.90 Å². The fourth-order valence-corrected chi connectivity index (χ4v) is 3.57. The number of benzene rings is 1. The van der Waals surface area contributed by atoms with E-state index in [0.717, 1.165) is 24.9 Å². The van der Waals surface area contributed by atoms with Crippen molar-refractivity contribution in [2.45, 2.75) is 26.2 Å². The average molecular weight is 307 g/mol. The van der Waals surface area contributed by atoms with Crippen molar-refractivity contribution in [2.24, 2.45) is 17.8 Å². The lowest BCUT2D eigenvalue weighted by Crippen LogP contribution is -2.35. The van der Waals surface area contributed by atoms with E-state index in [-0.39, 0.29) is 30.3 Å². The number of imide groups is 1. The molecule has 1 aliphatic carbocycles. The number of fused-ring (bicyclic) bond motifs is 1. The van der Waals surface area contributed by atoms with Gasteiger partial charge in [0.25, 0.3) is 0 Å². The van der Waals surface area contributed by atoms with E-state index >= 15 is 0 Å². The van der Waals surface area contributed by atoms with Gasteiger partial charge in [-0.15, -0.1) is 0 Å². The Kier molecular flexibility index (Phi) is 3.89. The molecule has 1 aromatic carbocycles. The first kappa shape index (κ1) is 14.4. The molecule has 1 saturated carbocycles. The maximum absolute atomic E-state index is 12.4. The zero-order valence-corrected chi connectivity index (χ0v) is 12.8. The standard InChI is InChI=1S/C16H19ClN2O2/c1-10-5-6-13-14(7-10)16(21)19(15(13)20)9-18-12-4-2-3-11(17)8-12/h2-4,8,10,13-14,18H,5-7,9H2,1H3/t10-,13-,14+/m0/s1. The molecule has 0 spiro atoms. The number of hydrogen-bond donors (Lipinski definition) is 1. The molecule has 2 fully saturated rings. The second-order valence-electron chi connectivity index (χ2n) is 6.08. The Morgan fingerprint density at radius 2 is 2.00 bits per heavy atom. The van der Waals surface area contributed by atoms with Crippen molar-refractivity contribution in [3.05, 3.63) is 29.3 Å². The Balaban J connectivity index is 1.68. The number of amides is 2. The fraction of sp³-hybridized carbons (Fsp3) is 0.500. The van der Waals surface area contributed by atoms with Crippen LogP contribution in [0.5, 0.6) is 0 Å². The van der Waals surface area contributed by atoms with Gasteiger partial charge in [-0.25, -0.2) is 0 Å². The Morgan fingerprint density at radius 1 is 1.24 bits per heavy atom. The summed E-state index contributed by atoms with van der Waals surface area (Å²) < 4.78 is 0. The van der Waals surface area contributed by atoms with E-state index in [1.54, 1.807) is 12.1 Å². The van der Waals surface area contributed by atoms with Gasteiger partial charge in [-0.1, -0.05) is 24.6 Å². The molecule has 1 aromatic rings. The number of nitrogens with one attached hydrogen (secondary N) is 1. The van der Waals surface area contributed by atoms with Crippen LogP contribution < -0.4 is 5.32 Å². The molecule has 0 bridgehead atoms. The summed E-state index contributed by atoms with van der Waals surface area (Å²) in [6, 6.07) is 7.27.